The molecule has 82 valence electrons. The molecule has 0 saturated heterocycles. The molecule has 0 aliphatic heterocycles. The number of phenols is 2. The van der Waals surface area contributed by atoms with Crippen molar-refractivity contribution in [2.75, 3.05) is 0 Å². The van der Waals surface area contributed by atoms with Crippen LogP contribution in [0.2, 0.25) is 0 Å². The summed E-state index contributed by atoms with van der Waals surface area (Å²) in [6.45, 7) is 1.56. The van der Waals surface area contributed by atoms with Gasteiger partial charge in [0.15, 0.2) is 11.6 Å². The summed E-state index contributed by atoms with van der Waals surface area (Å²) in [5.41, 5.74) is -0.370. The van der Waals surface area contributed by atoms with Gasteiger partial charge in [0.2, 0.25) is 0 Å². The molecule has 0 aliphatic carbocycles. The summed E-state index contributed by atoms with van der Waals surface area (Å²) in [5.74, 6) is -4.60. The Morgan fingerprint density at radius 2 is 1.93 bits per heavy atom. The molecule has 0 bridgehead atoms. The number of carboxylic acids is 1. The number of rotatable bonds is 3. The molecular weight excluding hydrogens is 203 g/mol. The van der Waals surface area contributed by atoms with Crippen LogP contribution in [0, 0.1) is 5.82 Å². The van der Waals surface area contributed by atoms with E-state index < -0.39 is 29.2 Å². The first-order valence-electron chi connectivity index (χ1n) is 4.42. The number of aliphatic carboxylic acids is 1. The molecule has 0 amide bonds. The molecule has 1 rings (SSSR count). The lowest BCUT2D eigenvalue weighted by Gasteiger charge is -2.13. The van der Waals surface area contributed by atoms with Crippen LogP contribution >= 0.6 is 0 Å². The summed E-state index contributed by atoms with van der Waals surface area (Å²) in [6.07, 6.45) is 0.128. The second kappa shape index (κ2) is 4.16. The van der Waals surface area contributed by atoms with Gasteiger partial charge in [0.25, 0.3) is 0 Å². The fourth-order valence-corrected chi connectivity index (χ4v) is 1.40. The average molecular weight is 214 g/mol. The number of benzene rings is 1. The van der Waals surface area contributed by atoms with Crippen LogP contribution in [0.15, 0.2) is 12.1 Å². The number of phenolic OH excluding ortho intramolecular Hbond substituents is 2. The van der Waals surface area contributed by atoms with E-state index in [0.717, 1.165) is 12.1 Å². The van der Waals surface area contributed by atoms with Gasteiger partial charge in [-0.3, -0.25) is 4.79 Å². The van der Waals surface area contributed by atoms with Gasteiger partial charge in [-0.15, -0.1) is 0 Å². The Labute approximate surface area is 85.6 Å². The van der Waals surface area contributed by atoms with Crippen LogP contribution in [0.1, 0.15) is 24.8 Å². The van der Waals surface area contributed by atoms with Crippen LogP contribution in [0.25, 0.3) is 0 Å². The lowest BCUT2D eigenvalue weighted by Crippen LogP contribution is -2.12. The third kappa shape index (κ3) is 2.01. The van der Waals surface area contributed by atoms with Gasteiger partial charge < -0.3 is 15.3 Å². The quantitative estimate of drug-likeness (QED) is 0.670. The topological polar surface area (TPSA) is 77.8 Å². The molecule has 0 aliphatic rings. The van der Waals surface area contributed by atoms with E-state index >= 15 is 0 Å². The fraction of sp³-hybridized carbons (Fsp3) is 0.300. The highest BCUT2D eigenvalue weighted by Crippen LogP contribution is 2.34. The summed E-state index contributed by atoms with van der Waals surface area (Å²) < 4.78 is 13.4. The maximum absolute atomic E-state index is 13.4. The van der Waals surface area contributed by atoms with Crippen LogP contribution in [0.3, 0.4) is 0 Å². The lowest BCUT2D eigenvalue weighted by molar-refractivity contribution is -0.139. The SMILES string of the molecule is CCC(C(=O)O)c1c(O)ccc(O)c1F. The number of carboxylic acid groups (broad SMARTS) is 1. The largest absolute Gasteiger partial charge is 0.508 e. The van der Waals surface area contributed by atoms with Gasteiger partial charge >= 0.3 is 5.97 Å². The smallest absolute Gasteiger partial charge is 0.311 e. The number of hydrogen-bond donors (Lipinski definition) is 3. The van der Waals surface area contributed by atoms with Gasteiger partial charge in [0, 0.05) is 5.56 Å². The van der Waals surface area contributed by atoms with Crippen molar-refractivity contribution >= 4 is 5.97 Å². The summed E-state index contributed by atoms with van der Waals surface area (Å²) in [7, 11) is 0. The molecule has 0 radical (unpaired) electrons. The highest BCUT2D eigenvalue weighted by molar-refractivity contribution is 5.77. The van der Waals surface area contributed by atoms with Crippen molar-refractivity contribution in [2.45, 2.75) is 19.3 Å². The molecule has 0 saturated carbocycles. The third-order valence-electron chi connectivity index (χ3n) is 2.19. The zero-order valence-corrected chi connectivity index (χ0v) is 8.07. The van der Waals surface area contributed by atoms with Crippen molar-refractivity contribution in [3.8, 4) is 11.5 Å². The molecule has 15 heavy (non-hydrogen) atoms. The summed E-state index contributed by atoms with van der Waals surface area (Å²) in [4.78, 5) is 10.8. The van der Waals surface area contributed by atoms with E-state index in [4.69, 9.17) is 10.2 Å². The minimum atomic E-state index is -1.24. The van der Waals surface area contributed by atoms with Gasteiger partial charge in [0.05, 0.1) is 5.92 Å². The predicted molar refractivity (Wildman–Crippen MR) is 50.4 cm³/mol. The molecular formula is C10H11FO4. The zero-order valence-electron chi connectivity index (χ0n) is 8.07. The second-order valence-electron chi connectivity index (χ2n) is 3.13. The van der Waals surface area contributed by atoms with Crippen LogP contribution < -0.4 is 0 Å². The van der Waals surface area contributed by atoms with Crippen LogP contribution in [-0.2, 0) is 4.79 Å². The van der Waals surface area contributed by atoms with Crippen molar-refractivity contribution in [1.82, 2.24) is 0 Å². The van der Waals surface area contributed by atoms with E-state index in [2.05, 4.69) is 0 Å². The first-order chi connectivity index (χ1) is 6.99. The van der Waals surface area contributed by atoms with Crippen molar-refractivity contribution in [3.63, 3.8) is 0 Å². The van der Waals surface area contributed by atoms with Gasteiger partial charge in [-0.25, -0.2) is 4.39 Å². The minimum absolute atomic E-state index is 0.128. The van der Waals surface area contributed by atoms with Gasteiger partial charge in [-0.1, -0.05) is 6.92 Å². The minimum Gasteiger partial charge on any atom is -0.508 e. The Kier molecular flexibility index (Phi) is 3.14. The van der Waals surface area contributed by atoms with E-state index in [1.54, 1.807) is 6.92 Å². The highest BCUT2D eigenvalue weighted by atomic mass is 19.1. The van der Waals surface area contributed by atoms with E-state index in [-0.39, 0.29) is 12.0 Å². The molecule has 0 spiro atoms. The Morgan fingerprint density at radius 1 is 1.40 bits per heavy atom. The van der Waals surface area contributed by atoms with Crippen LogP contribution in [0.5, 0.6) is 11.5 Å². The van der Waals surface area contributed by atoms with Crippen LogP contribution in [0.4, 0.5) is 4.39 Å². The Hall–Kier alpha value is -1.78. The van der Waals surface area contributed by atoms with Crippen molar-refractivity contribution in [2.24, 2.45) is 0 Å². The lowest BCUT2D eigenvalue weighted by atomic mass is 9.95. The number of hydrogen-bond acceptors (Lipinski definition) is 3. The van der Waals surface area contributed by atoms with Crippen LogP contribution in [-0.4, -0.2) is 21.3 Å². The molecule has 4 nitrogen and oxygen atoms in total. The molecule has 1 aromatic carbocycles. The summed E-state index contributed by atoms with van der Waals surface area (Å²) >= 11 is 0. The normalized spacial score (nSPS) is 12.4. The molecule has 1 unspecified atom stereocenters. The fourth-order valence-electron chi connectivity index (χ4n) is 1.40. The Balaban J connectivity index is 3.34. The monoisotopic (exact) mass is 214 g/mol. The second-order valence-corrected chi connectivity index (χ2v) is 3.13. The summed E-state index contributed by atoms with van der Waals surface area (Å²) in [6, 6.07) is 2.04. The first kappa shape index (κ1) is 11.3. The highest BCUT2D eigenvalue weighted by Gasteiger charge is 2.26. The average Bonchev–Trinajstić information content (AvgIpc) is 2.18. The molecule has 0 fully saturated rings. The van der Waals surface area contributed by atoms with Crippen molar-refractivity contribution in [3.05, 3.63) is 23.5 Å². The van der Waals surface area contributed by atoms with Gasteiger partial charge in [-0.2, -0.15) is 0 Å². The molecule has 0 heterocycles. The van der Waals surface area contributed by atoms with E-state index in [9.17, 15) is 14.3 Å². The summed E-state index contributed by atoms with van der Waals surface area (Å²) in [5, 5.41) is 27.2. The predicted octanol–water partition coefficient (Wildman–Crippen LogP) is 1.82. The number of aromatic hydroxyl groups is 2. The molecule has 5 heteroatoms. The van der Waals surface area contributed by atoms with E-state index in [1.807, 2.05) is 0 Å². The number of carbonyl (C=O) groups is 1. The molecule has 1 atom stereocenters. The third-order valence-corrected chi connectivity index (χ3v) is 2.19. The maximum Gasteiger partial charge on any atom is 0.311 e. The van der Waals surface area contributed by atoms with E-state index in [0.29, 0.717) is 0 Å². The van der Waals surface area contributed by atoms with Crippen molar-refractivity contribution in [1.29, 1.82) is 0 Å². The van der Waals surface area contributed by atoms with Crippen molar-refractivity contribution < 1.29 is 24.5 Å². The maximum atomic E-state index is 13.4. The van der Waals surface area contributed by atoms with Gasteiger partial charge in [0.1, 0.15) is 5.75 Å². The molecule has 3 N–H and O–H groups in total. The number of halogens is 1. The van der Waals surface area contributed by atoms with Gasteiger partial charge in [-0.05, 0) is 18.6 Å². The van der Waals surface area contributed by atoms with E-state index in [1.165, 1.54) is 0 Å². The zero-order chi connectivity index (χ0) is 11.6. The Morgan fingerprint density at radius 3 is 2.40 bits per heavy atom. The standard InChI is InChI=1S/C10H11FO4/c1-2-5(10(14)15)8-6(12)3-4-7(13)9(8)11/h3-5,12-13H,2H2,1H3,(H,14,15). The Bertz CT molecular complexity index is 389. The molecule has 0 aromatic heterocycles. The first-order valence-corrected chi connectivity index (χ1v) is 4.42. The molecule has 1 aromatic rings.